The summed E-state index contributed by atoms with van der Waals surface area (Å²) in [7, 11) is 2.62. The second-order valence-electron chi connectivity index (χ2n) is 24.7. The first kappa shape index (κ1) is 50.1. The van der Waals surface area contributed by atoms with Gasteiger partial charge < -0.3 is 19.7 Å². The Balaban J connectivity index is 0.000000168. The molecule has 13 heteroatoms. The molecule has 8 saturated carbocycles. The minimum atomic E-state index is -1.08. The smallest absolute Gasteiger partial charge is 0.157 e. The van der Waals surface area contributed by atoms with Gasteiger partial charge in [-0.05, 0) is 205 Å². The minimum absolute atomic E-state index is 0.0586. The van der Waals surface area contributed by atoms with Crippen molar-refractivity contribution in [2.45, 2.75) is 177 Å². The molecule has 0 amide bonds. The Morgan fingerprint density at radius 2 is 1.12 bits per heavy atom. The van der Waals surface area contributed by atoms with Crippen LogP contribution in [0.2, 0.25) is 0 Å². The van der Waals surface area contributed by atoms with Gasteiger partial charge in [-0.3, -0.25) is 23.2 Å². The van der Waals surface area contributed by atoms with Crippen molar-refractivity contribution in [3.8, 4) is 0 Å². The maximum Gasteiger partial charge on any atom is 0.157 e. The molecule has 8 aliphatic rings. The highest BCUT2D eigenvalue weighted by Gasteiger charge is 2.65. The van der Waals surface area contributed by atoms with E-state index in [0.29, 0.717) is 64.6 Å². The van der Waals surface area contributed by atoms with E-state index in [-0.39, 0.29) is 45.8 Å². The van der Waals surface area contributed by atoms with Crippen LogP contribution in [0.4, 0.5) is 0 Å². The first-order chi connectivity index (χ1) is 31.8. The number of rotatable bonds is 12. The molecule has 0 bridgehead atoms. The van der Waals surface area contributed by atoms with E-state index in [4.69, 9.17) is 9.47 Å². The number of ketones is 2. The highest BCUT2D eigenvalue weighted by Crippen LogP contribution is 2.70. The summed E-state index contributed by atoms with van der Waals surface area (Å²) in [5, 5.41) is 30.4. The van der Waals surface area contributed by atoms with E-state index in [9.17, 15) is 24.0 Å². The second kappa shape index (κ2) is 18.9. The quantitative estimate of drug-likeness (QED) is 0.197. The van der Waals surface area contributed by atoms with Crippen molar-refractivity contribution in [2.24, 2.45) is 80.8 Å². The molecule has 2 aromatic heterocycles. The maximum absolute atomic E-state index is 13.5. The molecule has 1 unspecified atom stereocenters. The van der Waals surface area contributed by atoms with Gasteiger partial charge in [-0.15, -0.1) is 11.8 Å². The largest absolute Gasteiger partial charge is 0.390 e. The van der Waals surface area contributed by atoms with Crippen LogP contribution in [0.25, 0.3) is 0 Å². The van der Waals surface area contributed by atoms with Crippen LogP contribution in [0.15, 0.2) is 34.6 Å². The second-order valence-corrected chi connectivity index (χ2v) is 27.0. The van der Waals surface area contributed by atoms with E-state index in [1.165, 1.54) is 44.9 Å². The van der Waals surface area contributed by atoms with Crippen LogP contribution in [-0.4, -0.2) is 96.7 Å². The summed E-state index contributed by atoms with van der Waals surface area (Å²) in [5.41, 5.74) is -0.486. The van der Waals surface area contributed by atoms with Crippen LogP contribution < -0.4 is 0 Å². The van der Waals surface area contributed by atoms with E-state index >= 15 is 0 Å². The van der Waals surface area contributed by atoms with Crippen molar-refractivity contribution >= 4 is 34.1 Å². The number of Topliss-reactive ketones (excluding diaryl/α,β-unsaturated/α-hetero) is 2. The molecular weight excluding hydrogens is 881 g/mol. The van der Waals surface area contributed by atoms with Crippen molar-refractivity contribution in [3.05, 3.63) is 24.8 Å². The number of carbonyl (C=O) groups excluding carboxylic acids is 2. The summed E-state index contributed by atoms with van der Waals surface area (Å²) < 4.78 is 27.0. The number of methoxy groups -OCH3 is 2. The molecule has 17 atom stereocenters. The molecule has 0 aliphatic heterocycles. The topological polar surface area (TPSA) is 146 Å². The van der Waals surface area contributed by atoms with Gasteiger partial charge in [-0.2, -0.15) is 10.2 Å². The third-order valence-corrected chi connectivity index (χ3v) is 22.9. The molecule has 0 radical (unpaired) electrons. The van der Waals surface area contributed by atoms with Crippen molar-refractivity contribution in [1.82, 2.24) is 19.6 Å². The van der Waals surface area contributed by atoms with Crippen LogP contribution in [-0.2, 0) is 43.0 Å². The van der Waals surface area contributed by atoms with Gasteiger partial charge in [0.15, 0.2) is 11.6 Å². The van der Waals surface area contributed by atoms with Crippen molar-refractivity contribution in [3.63, 3.8) is 0 Å². The lowest BCUT2D eigenvalue weighted by Crippen LogP contribution is -2.58. The summed E-state index contributed by atoms with van der Waals surface area (Å²) in [6.07, 6.45) is 30.5. The maximum atomic E-state index is 13.5. The highest BCUT2D eigenvalue weighted by molar-refractivity contribution is 7.98. The average Bonchev–Trinajstić information content (AvgIpc) is 4.09. The summed E-state index contributed by atoms with van der Waals surface area (Å²) in [5.74, 6) is 5.92. The third-order valence-electron chi connectivity index (χ3n) is 21.3. The van der Waals surface area contributed by atoms with Gasteiger partial charge in [-0.25, -0.2) is 0 Å². The van der Waals surface area contributed by atoms with E-state index in [2.05, 4.69) is 24.0 Å². The fourth-order valence-corrected chi connectivity index (χ4v) is 19.1. The van der Waals surface area contributed by atoms with Gasteiger partial charge in [0.25, 0.3) is 0 Å². The minimum Gasteiger partial charge on any atom is -0.390 e. The Morgan fingerprint density at radius 1 is 0.657 bits per heavy atom. The SMILES string of the molecule is COC[C@]12CC[C@@](C)(O)C[C@H]1CC[C@H]1[C@@H]3CC[C@H](C(=O)Cn4cc(S(C)=O)cn4)[C@@]3(C)CC[C@@H]12.COC[C@]12CC[C@@](C)(O)C[C@H]1CC[C@H]1[C@@H]3CC[C@H](C(=O)Cn4cc(SC)cn4)[C@@]3(C)CC[C@@H]12. The lowest BCUT2D eigenvalue weighted by Gasteiger charge is -2.62. The fraction of sp³-hybridized carbons (Fsp3) is 0.852. The molecule has 0 aromatic carbocycles. The Morgan fingerprint density at radius 3 is 1.54 bits per heavy atom. The molecule has 2 heterocycles. The molecule has 2 aromatic rings. The van der Waals surface area contributed by atoms with Crippen molar-refractivity contribution < 1.29 is 33.5 Å². The van der Waals surface area contributed by atoms with Crippen LogP contribution in [0, 0.1) is 80.8 Å². The van der Waals surface area contributed by atoms with E-state index in [0.717, 1.165) is 88.7 Å². The molecule has 8 fully saturated rings. The Hall–Kier alpha value is -1.90. The molecule has 8 aliphatic carbocycles. The number of aromatic nitrogens is 4. The number of thioether (sulfide) groups is 1. The number of hydrogen-bond donors (Lipinski definition) is 2. The Kier molecular flexibility index (Phi) is 14.1. The lowest BCUT2D eigenvalue weighted by atomic mass is 9.43. The normalized spacial score (nSPS) is 44.7. The molecule has 67 heavy (non-hydrogen) atoms. The fourth-order valence-electron chi connectivity index (χ4n) is 18.3. The number of aliphatic hydroxyl groups is 2. The predicted molar refractivity (Wildman–Crippen MR) is 263 cm³/mol. The van der Waals surface area contributed by atoms with Crippen molar-refractivity contribution in [2.75, 3.05) is 39.9 Å². The Bertz CT molecular complexity index is 2140. The van der Waals surface area contributed by atoms with Crippen molar-refractivity contribution in [1.29, 1.82) is 0 Å². The number of hydrogen-bond acceptors (Lipinski definition) is 10. The summed E-state index contributed by atoms with van der Waals surface area (Å²) in [4.78, 5) is 28.8. The number of carbonyl (C=O) groups is 2. The summed E-state index contributed by atoms with van der Waals surface area (Å²) in [6, 6.07) is 0. The summed E-state index contributed by atoms with van der Waals surface area (Å²) >= 11 is 1.67. The van der Waals surface area contributed by atoms with Gasteiger partial charge in [0.2, 0.25) is 0 Å². The third kappa shape index (κ3) is 8.96. The van der Waals surface area contributed by atoms with E-state index < -0.39 is 22.0 Å². The Labute approximate surface area is 408 Å². The first-order valence-electron chi connectivity index (χ1n) is 26.2. The molecule has 0 saturated heterocycles. The highest BCUT2D eigenvalue weighted by atomic mass is 32.2. The molecule has 10 rings (SSSR count). The van der Waals surface area contributed by atoms with Gasteiger partial charge in [0.05, 0.1) is 65.6 Å². The molecule has 374 valence electrons. The number of fused-ring (bicyclic) bond motifs is 10. The van der Waals surface area contributed by atoms with Crippen LogP contribution in [0.3, 0.4) is 0 Å². The predicted octanol–water partition coefficient (Wildman–Crippen LogP) is 9.44. The van der Waals surface area contributed by atoms with Crippen LogP contribution in [0.1, 0.15) is 143 Å². The van der Waals surface area contributed by atoms with Gasteiger partial charge >= 0.3 is 0 Å². The molecule has 2 N–H and O–H groups in total. The van der Waals surface area contributed by atoms with Gasteiger partial charge in [0, 0.05) is 49.6 Å². The zero-order chi connectivity index (χ0) is 47.7. The zero-order valence-electron chi connectivity index (χ0n) is 42.2. The average molecular weight is 965 g/mol. The van der Waals surface area contributed by atoms with E-state index in [1.807, 2.05) is 51.4 Å². The van der Waals surface area contributed by atoms with Gasteiger partial charge in [-0.1, -0.05) is 13.8 Å². The van der Waals surface area contributed by atoms with Crippen LogP contribution in [0.5, 0.6) is 0 Å². The number of ether oxygens (including phenoxy) is 2. The zero-order valence-corrected chi connectivity index (χ0v) is 43.8. The van der Waals surface area contributed by atoms with E-state index in [1.54, 1.807) is 35.1 Å². The molecular formula is C54H84N4O7S2. The summed E-state index contributed by atoms with van der Waals surface area (Å²) in [6.45, 7) is 11.2. The lowest BCUT2D eigenvalue weighted by molar-refractivity contribution is -0.175. The number of nitrogens with zero attached hydrogens (tertiary/aromatic N) is 4. The van der Waals surface area contributed by atoms with Gasteiger partial charge in [0.1, 0.15) is 0 Å². The standard InChI is InChI=1S/C27H42N2O4S.C27H42N2O3S/c1-25(31)11-12-27(17-33-3)18(13-25)5-6-20-21-7-8-23(26(21,2)10-9-22(20)27)24(30)16-29-15-19(14-28-29)34(4)32;1-25(31)11-12-27(17-32-3)18(13-25)5-6-20-21-7-8-23(26(21,2)10-9-22(20)27)24(30)16-29-15-19(33-4)14-28-29/h14-15,18,20-23,31H,5-13,16-17H2,1-4H3;14-15,18,20-23,31H,5-13,16-17H2,1-4H3/t18-,20+,21+,22+,23-,25-,26+,27-,34?;18-,20+,21+,22+,23-,25-,26+,27-/m11/s1. The molecule has 11 nitrogen and oxygen atoms in total. The van der Waals surface area contributed by atoms with Crippen LogP contribution >= 0.6 is 11.8 Å². The molecule has 0 spiro atoms. The monoisotopic (exact) mass is 965 g/mol. The first-order valence-corrected chi connectivity index (χ1v) is 29.0.